The Balaban J connectivity index is 1.72. The van der Waals surface area contributed by atoms with E-state index in [2.05, 4.69) is 0 Å². The van der Waals surface area contributed by atoms with Crippen LogP contribution in [0.25, 0.3) is 0 Å². The minimum absolute atomic E-state index is 0.0340. The van der Waals surface area contributed by atoms with Crippen molar-refractivity contribution in [3.63, 3.8) is 0 Å². The van der Waals surface area contributed by atoms with Crippen molar-refractivity contribution in [3.05, 3.63) is 23.8 Å². The van der Waals surface area contributed by atoms with Crippen LogP contribution in [-0.2, 0) is 9.53 Å². The van der Waals surface area contributed by atoms with Gasteiger partial charge in [-0.1, -0.05) is 0 Å². The summed E-state index contributed by atoms with van der Waals surface area (Å²) in [4.78, 5) is 29.2. The van der Waals surface area contributed by atoms with Crippen LogP contribution in [0.15, 0.2) is 18.2 Å². The number of piperidine rings is 2. The molecule has 0 unspecified atom stereocenters. The van der Waals surface area contributed by atoms with Gasteiger partial charge < -0.3 is 24.0 Å². The third-order valence-corrected chi connectivity index (χ3v) is 5.61. The normalized spacial score (nSPS) is 22.4. The Morgan fingerprint density at radius 1 is 1.19 bits per heavy atom. The standard InChI is InChI=1S/C20H28N2O5/c1-25-11-10-22-17-8-9-21(13-14(17)4-7-19(22)23)20(24)16-6-5-15(26-2)12-18(16)27-3/h5-6,12,14,17H,4,7-11,13H2,1-3H3/t14-,17+/m1/s1. The van der Waals surface area contributed by atoms with E-state index >= 15 is 0 Å². The molecule has 7 nitrogen and oxygen atoms in total. The molecule has 2 atom stereocenters. The van der Waals surface area contributed by atoms with Gasteiger partial charge in [0.25, 0.3) is 5.91 Å². The minimum Gasteiger partial charge on any atom is -0.497 e. The van der Waals surface area contributed by atoms with Crippen molar-refractivity contribution < 1.29 is 23.8 Å². The first kappa shape index (κ1) is 19.5. The maximum Gasteiger partial charge on any atom is 0.257 e. The molecule has 0 aromatic heterocycles. The molecule has 1 aromatic carbocycles. The van der Waals surface area contributed by atoms with Gasteiger partial charge >= 0.3 is 0 Å². The average Bonchev–Trinajstić information content (AvgIpc) is 2.71. The van der Waals surface area contributed by atoms with Crippen LogP contribution in [0.5, 0.6) is 11.5 Å². The van der Waals surface area contributed by atoms with E-state index in [1.807, 2.05) is 9.80 Å². The molecule has 27 heavy (non-hydrogen) atoms. The van der Waals surface area contributed by atoms with Crippen LogP contribution >= 0.6 is 0 Å². The number of methoxy groups -OCH3 is 3. The lowest BCUT2D eigenvalue weighted by Crippen LogP contribution is -2.57. The molecule has 148 valence electrons. The fourth-order valence-electron chi connectivity index (χ4n) is 4.16. The Morgan fingerprint density at radius 2 is 2.00 bits per heavy atom. The van der Waals surface area contributed by atoms with Crippen LogP contribution in [0.1, 0.15) is 29.6 Å². The summed E-state index contributed by atoms with van der Waals surface area (Å²) >= 11 is 0. The van der Waals surface area contributed by atoms with Crippen LogP contribution in [0.2, 0.25) is 0 Å². The number of fused-ring (bicyclic) bond motifs is 1. The molecule has 0 aliphatic carbocycles. The first-order chi connectivity index (χ1) is 13.1. The van der Waals surface area contributed by atoms with Gasteiger partial charge in [-0.2, -0.15) is 0 Å². The fraction of sp³-hybridized carbons (Fsp3) is 0.600. The zero-order valence-electron chi connectivity index (χ0n) is 16.3. The zero-order chi connectivity index (χ0) is 19.4. The molecule has 2 amide bonds. The smallest absolute Gasteiger partial charge is 0.257 e. The molecule has 2 saturated heterocycles. The molecule has 7 heteroatoms. The second kappa shape index (κ2) is 8.61. The molecule has 0 spiro atoms. The summed E-state index contributed by atoms with van der Waals surface area (Å²) < 4.78 is 15.7. The van der Waals surface area contributed by atoms with E-state index in [1.165, 1.54) is 0 Å². The second-order valence-corrected chi connectivity index (χ2v) is 7.05. The van der Waals surface area contributed by atoms with E-state index in [0.717, 1.165) is 12.8 Å². The highest BCUT2D eigenvalue weighted by Crippen LogP contribution is 2.33. The zero-order valence-corrected chi connectivity index (χ0v) is 16.3. The lowest BCUT2D eigenvalue weighted by molar-refractivity contribution is -0.141. The fourth-order valence-corrected chi connectivity index (χ4v) is 4.16. The van der Waals surface area contributed by atoms with Crippen LogP contribution < -0.4 is 9.47 Å². The minimum atomic E-state index is -0.0340. The molecule has 2 aliphatic heterocycles. The maximum atomic E-state index is 13.1. The summed E-state index contributed by atoms with van der Waals surface area (Å²) in [5.74, 6) is 1.64. The van der Waals surface area contributed by atoms with Gasteiger partial charge in [-0.3, -0.25) is 9.59 Å². The summed E-state index contributed by atoms with van der Waals surface area (Å²) in [6.45, 7) is 2.46. The Labute approximate surface area is 160 Å². The van der Waals surface area contributed by atoms with Gasteiger partial charge in [-0.15, -0.1) is 0 Å². The number of benzene rings is 1. The molecule has 2 aliphatic rings. The predicted molar refractivity (Wildman–Crippen MR) is 100 cm³/mol. The third kappa shape index (κ3) is 4.03. The molecule has 2 heterocycles. The Hall–Kier alpha value is -2.28. The van der Waals surface area contributed by atoms with E-state index in [0.29, 0.717) is 55.6 Å². The monoisotopic (exact) mass is 376 g/mol. The van der Waals surface area contributed by atoms with Crippen molar-refractivity contribution in [2.75, 3.05) is 47.6 Å². The van der Waals surface area contributed by atoms with Crippen LogP contribution in [0, 0.1) is 5.92 Å². The number of carbonyl (C=O) groups is 2. The molecule has 0 saturated carbocycles. The average molecular weight is 376 g/mol. The quantitative estimate of drug-likeness (QED) is 0.757. The topological polar surface area (TPSA) is 68.3 Å². The van der Waals surface area contributed by atoms with Crippen molar-refractivity contribution in [2.45, 2.75) is 25.3 Å². The highest BCUT2D eigenvalue weighted by atomic mass is 16.5. The van der Waals surface area contributed by atoms with Gasteiger partial charge in [0.15, 0.2) is 0 Å². The summed E-state index contributed by atoms with van der Waals surface area (Å²) in [6.07, 6.45) is 2.17. The summed E-state index contributed by atoms with van der Waals surface area (Å²) in [6, 6.07) is 5.45. The van der Waals surface area contributed by atoms with Crippen molar-refractivity contribution in [1.29, 1.82) is 0 Å². The first-order valence-corrected chi connectivity index (χ1v) is 9.38. The Kier molecular flexibility index (Phi) is 6.21. The molecular weight excluding hydrogens is 348 g/mol. The summed E-state index contributed by atoms with van der Waals surface area (Å²) in [5.41, 5.74) is 0.542. The van der Waals surface area contributed by atoms with Gasteiger partial charge in [-0.05, 0) is 30.9 Å². The predicted octanol–water partition coefficient (Wildman–Crippen LogP) is 1.80. The molecular formula is C20H28N2O5. The summed E-state index contributed by atoms with van der Waals surface area (Å²) in [7, 11) is 4.79. The molecule has 0 bridgehead atoms. The van der Waals surface area contributed by atoms with Crippen molar-refractivity contribution in [3.8, 4) is 11.5 Å². The van der Waals surface area contributed by atoms with E-state index in [1.54, 1.807) is 39.5 Å². The number of ether oxygens (including phenoxy) is 3. The van der Waals surface area contributed by atoms with E-state index in [-0.39, 0.29) is 17.9 Å². The van der Waals surface area contributed by atoms with Crippen molar-refractivity contribution >= 4 is 11.8 Å². The van der Waals surface area contributed by atoms with Gasteiger partial charge in [0, 0.05) is 45.3 Å². The number of amides is 2. The lowest BCUT2D eigenvalue weighted by Gasteiger charge is -2.47. The van der Waals surface area contributed by atoms with Crippen molar-refractivity contribution in [1.82, 2.24) is 9.80 Å². The summed E-state index contributed by atoms with van der Waals surface area (Å²) in [5, 5.41) is 0. The number of hydrogen-bond donors (Lipinski definition) is 0. The molecule has 3 rings (SSSR count). The van der Waals surface area contributed by atoms with Crippen molar-refractivity contribution in [2.24, 2.45) is 5.92 Å². The molecule has 0 N–H and O–H groups in total. The van der Waals surface area contributed by atoms with Gasteiger partial charge in [0.05, 0.1) is 26.4 Å². The lowest BCUT2D eigenvalue weighted by atomic mass is 9.83. The number of hydrogen-bond acceptors (Lipinski definition) is 5. The third-order valence-electron chi connectivity index (χ3n) is 5.61. The maximum absolute atomic E-state index is 13.1. The molecule has 2 fully saturated rings. The number of nitrogens with zero attached hydrogens (tertiary/aromatic N) is 2. The number of likely N-dealkylation sites (tertiary alicyclic amines) is 2. The van der Waals surface area contributed by atoms with Gasteiger partial charge in [0.2, 0.25) is 5.91 Å². The van der Waals surface area contributed by atoms with E-state index in [4.69, 9.17) is 14.2 Å². The molecule has 1 aromatic rings. The van der Waals surface area contributed by atoms with Crippen LogP contribution in [0.4, 0.5) is 0 Å². The van der Waals surface area contributed by atoms with Gasteiger partial charge in [-0.25, -0.2) is 0 Å². The largest absolute Gasteiger partial charge is 0.497 e. The van der Waals surface area contributed by atoms with Crippen LogP contribution in [0.3, 0.4) is 0 Å². The highest BCUT2D eigenvalue weighted by molar-refractivity contribution is 5.97. The Morgan fingerprint density at radius 3 is 2.70 bits per heavy atom. The second-order valence-electron chi connectivity index (χ2n) is 7.05. The van der Waals surface area contributed by atoms with E-state index < -0.39 is 0 Å². The molecule has 0 radical (unpaired) electrons. The number of carbonyl (C=O) groups excluding carboxylic acids is 2. The number of rotatable bonds is 6. The Bertz CT molecular complexity index is 693. The van der Waals surface area contributed by atoms with Crippen LogP contribution in [-0.4, -0.2) is 75.2 Å². The highest BCUT2D eigenvalue weighted by Gasteiger charge is 2.40. The van der Waals surface area contributed by atoms with E-state index in [9.17, 15) is 9.59 Å². The first-order valence-electron chi connectivity index (χ1n) is 9.38. The SMILES string of the molecule is COCCN1C(=O)CC[C@@H]2CN(C(=O)c3ccc(OC)cc3OC)CC[C@@H]21. The van der Waals surface area contributed by atoms with Gasteiger partial charge in [0.1, 0.15) is 11.5 Å².